The number of nitrogens with zero attached hydrogens (tertiary/aromatic N) is 4. The van der Waals surface area contributed by atoms with Crippen molar-refractivity contribution < 1.29 is 27.5 Å². The minimum atomic E-state index is -4.39. The zero-order chi connectivity index (χ0) is 25.4. The maximum Gasteiger partial charge on any atom is 0.416 e. The predicted molar refractivity (Wildman–Crippen MR) is 123 cm³/mol. The molecule has 2 unspecified atom stereocenters. The van der Waals surface area contributed by atoms with E-state index >= 15 is 0 Å². The number of ether oxygens (including phenoxy) is 1. The van der Waals surface area contributed by atoms with E-state index in [0.29, 0.717) is 49.9 Å². The third kappa shape index (κ3) is 5.23. The Kier molecular flexibility index (Phi) is 6.45. The van der Waals surface area contributed by atoms with Crippen LogP contribution in [0.1, 0.15) is 47.4 Å². The number of hydrogen-bond donors (Lipinski definition) is 2. The van der Waals surface area contributed by atoms with Gasteiger partial charge in [-0.2, -0.15) is 13.2 Å². The smallest absolute Gasteiger partial charge is 0.416 e. The van der Waals surface area contributed by atoms with Crippen molar-refractivity contribution in [1.29, 1.82) is 0 Å². The second-order valence-electron chi connectivity index (χ2n) is 9.50. The number of nitrogens with one attached hydrogen (secondary N) is 1. The molecule has 0 saturated carbocycles. The molecule has 5 rings (SSSR count). The quantitative estimate of drug-likeness (QED) is 0.620. The number of hydrogen-bond acceptors (Lipinski definition) is 7. The Labute approximate surface area is 205 Å². The van der Waals surface area contributed by atoms with Gasteiger partial charge in [-0.25, -0.2) is 9.97 Å². The summed E-state index contributed by atoms with van der Waals surface area (Å²) in [6.45, 7) is 1.88. The van der Waals surface area contributed by atoms with E-state index in [2.05, 4.69) is 15.2 Å². The number of aromatic nitrogens is 2. The van der Waals surface area contributed by atoms with Crippen LogP contribution in [0.15, 0.2) is 30.3 Å². The highest BCUT2D eigenvalue weighted by atomic mass is 19.4. The number of halogens is 3. The van der Waals surface area contributed by atoms with Crippen molar-refractivity contribution in [3.63, 3.8) is 0 Å². The van der Waals surface area contributed by atoms with Crippen molar-refractivity contribution >= 4 is 17.8 Å². The van der Waals surface area contributed by atoms with E-state index in [9.17, 15) is 22.8 Å². The summed E-state index contributed by atoms with van der Waals surface area (Å²) in [4.78, 5) is 37.0. The molecule has 3 fully saturated rings. The third-order valence-corrected chi connectivity index (χ3v) is 6.93. The molecule has 1 aromatic carbocycles. The van der Waals surface area contributed by atoms with Gasteiger partial charge in [0.15, 0.2) is 0 Å². The Morgan fingerprint density at radius 1 is 1.14 bits per heavy atom. The maximum atomic E-state index is 12.8. The molecule has 2 bridgehead atoms. The fourth-order valence-electron chi connectivity index (χ4n) is 5.33. The number of carbonyl (C=O) groups is 2. The maximum absolute atomic E-state index is 12.8. The number of carbonyl (C=O) groups excluding carboxylic acids is 2. The van der Waals surface area contributed by atoms with Crippen LogP contribution in [0.2, 0.25) is 0 Å². The largest absolute Gasteiger partial charge is 0.490 e. The number of rotatable bonds is 6. The number of nitrogens with two attached hydrogens (primary N) is 1. The Balaban J connectivity index is 1.31. The van der Waals surface area contributed by atoms with Crippen LogP contribution < -0.4 is 20.7 Å². The van der Waals surface area contributed by atoms with Gasteiger partial charge in [0, 0.05) is 44.6 Å². The second-order valence-corrected chi connectivity index (χ2v) is 9.50. The van der Waals surface area contributed by atoms with Crippen LogP contribution >= 0.6 is 0 Å². The number of alkyl halides is 3. The lowest BCUT2D eigenvalue weighted by Crippen LogP contribution is -2.48. The van der Waals surface area contributed by atoms with Crippen LogP contribution in [-0.2, 0) is 17.5 Å². The Bertz CT molecular complexity index is 1130. The second kappa shape index (κ2) is 9.57. The summed E-state index contributed by atoms with van der Waals surface area (Å²) in [7, 11) is 0. The molecular weight excluding hydrogens is 477 g/mol. The van der Waals surface area contributed by atoms with E-state index in [-0.39, 0.29) is 36.3 Å². The lowest BCUT2D eigenvalue weighted by Gasteiger charge is -2.39. The van der Waals surface area contributed by atoms with Crippen LogP contribution in [0.5, 0.6) is 5.75 Å². The fourth-order valence-corrected chi connectivity index (χ4v) is 5.33. The van der Waals surface area contributed by atoms with Crippen LogP contribution in [0.25, 0.3) is 0 Å². The highest BCUT2D eigenvalue weighted by molar-refractivity contribution is 5.91. The molecule has 0 aliphatic carbocycles. The first-order valence-corrected chi connectivity index (χ1v) is 11.9. The summed E-state index contributed by atoms with van der Waals surface area (Å²) in [5, 5.41) is 2.78. The molecular formula is C24H27F3N6O3. The van der Waals surface area contributed by atoms with Gasteiger partial charge in [0.1, 0.15) is 17.5 Å². The van der Waals surface area contributed by atoms with E-state index in [1.54, 1.807) is 6.07 Å². The van der Waals surface area contributed by atoms with Crippen molar-refractivity contribution in [3.05, 3.63) is 47.3 Å². The Morgan fingerprint density at radius 3 is 2.44 bits per heavy atom. The zero-order valence-corrected chi connectivity index (χ0v) is 19.5. The highest BCUT2D eigenvalue weighted by Crippen LogP contribution is 2.40. The normalized spacial score (nSPS) is 24.5. The van der Waals surface area contributed by atoms with E-state index in [0.717, 1.165) is 25.0 Å². The predicted octanol–water partition coefficient (Wildman–Crippen LogP) is 2.10. The van der Waals surface area contributed by atoms with Gasteiger partial charge in [-0.3, -0.25) is 14.5 Å². The molecule has 3 saturated heterocycles. The molecule has 2 amide bonds. The van der Waals surface area contributed by atoms with Crippen LogP contribution in [-0.4, -0.2) is 64.5 Å². The first-order valence-electron chi connectivity index (χ1n) is 11.9. The number of benzene rings is 1. The monoisotopic (exact) mass is 504 g/mol. The standard InChI is InChI=1S/C24H27F3N6O3/c25-24(26,27)14-1-5-18(6-2-14)36-19-10-16-3-4-17(11-19)33(16)23-30-15(9-20(31-23)22(28)35)12-32-8-7-29-21(34)13-32/h1-2,5-6,9,16-17,19H,3-4,7-8,10-13H2,(H2,28,35)(H,29,34). The van der Waals surface area contributed by atoms with Gasteiger partial charge >= 0.3 is 6.18 Å². The molecule has 3 aliphatic heterocycles. The molecule has 192 valence electrons. The van der Waals surface area contributed by atoms with Crippen LogP contribution in [0.3, 0.4) is 0 Å². The van der Waals surface area contributed by atoms with E-state index in [1.807, 2.05) is 4.90 Å². The molecule has 9 nitrogen and oxygen atoms in total. The number of primary amides is 1. The average Bonchev–Trinajstić information content (AvgIpc) is 3.09. The van der Waals surface area contributed by atoms with Gasteiger partial charge in [0.25, 0.3) is 5.91 Å². The molecule has 3 N–H and O–H groups in total. The van der Waals surface area contributed by atoms with E-state index < -0.39 is 17.6 Å². The number of piperazine rings is 1. The topological polar surface area (TPSA) is 114 Å². The summed E-state index contributed by atoms with van der Waals surface area (Å²) in [5.41, 5.74) is 5.58. The molecule has 3 aliphatic rings. The third-order valence-electron chi connectivity index (χ3n) is 6.93. The molecule has 2 aromatic rings. The molecule has 12 heteroatoms. The van der Waals surface area contributed by atoms with E-state index in [1.165, 1.54) is 12.1 Å². The number of fused-ring (bicyclic) bond motifs is 2. The van der Waals surface area contributed by atoms with Crippen LogP contribution in [0.4, 0.5) is 19.1 Å². The average molecular weight is 505 g/mol. The van der Waals surface area contributed by atoms with Gasteiger partial charge in [0.2, 0.25) is 11.9 Å². The van der Waals surface area contributed by atoms with Gasteiger partial charge in [-0.05, 0) is 43.2 Å². The van der Waals surface area contributed by atoms with E-state index in [4.69, 9.17) is 15.5 Å². The number of anilines is 1. The molecule has 2 atom stereocenters. The fraction of sp³-hybridized carbons (Fsp3) is 0.500. The minimum Gasteiger partial charge on any atom is -0.490 e. The Morgan fingerprint density at radius 2 is 1.83 bits per heavy atom. The van der Waals surface area contributed by atoms with Gasteiger partial charge in [-0.1, -0.05) is 0 Å². The van der Waals surface area contributed by atoms with Gasteiger partial charge in [0.05, 0.1) is 17.8 Å². The van der Waals surface area contributed by atoms with Crippen molar-refractivity contribution in [2.75, 3.05) is 24.5 Å². The summed E-state index contributed by atoms with van der Waals surface area (Å²) in [6.07, 6.45) is -1.44. The lowest BCUT2D eigenvalue weighted by atomic mass is 10.00. The van der Waals surface area contributed by atoms with Crippen molar-refractivity contribution in [3.8, 4) is 5.75 Å². The molecule has 4 heterocycles. The SMILES string of the molecule is NC(=O)c1cc(CN2CCNC(=O)C2)nc(N2C3CCC2CC(Oc2ccc(C(F)(F)F)cc2)C3)n1. The summed E-state index contributed by atoms with van der Waals surface area (Å²) < 4.78 is 44.6. The van der Waals surface area contributed by atoms with Crippen LogP contribution in [0, 0.1) is 0 Å². The summed E-state index contributed by atoms with van der Waals surface area (Å²) >= 11 is 0. The zero-order valence-electron chi connectivity index (χ0n) is 19.5. The van der Waals surface area contributed by atoms with Crippen molar-refractivity contribution in [2.24, 2.45) is 5.73 Å². The molecule has 0 spiro atoms. The summed E-state index contributed by atoms with van der Waals surface area (Å²) in [6, 6.07) is 6.46. The molecule has 0 radical (unpaired) electrons. The first-order chi connectivity index (χ1) is 17.2. The highest BCUT2D eigenvalue weighted by Gasteiger charge is 2.43. The first kappa shape index (κ1) is 24.3. The van der Waals surface area contributed by atoms with Crippen molar-refractivity contribution in [2.45, 2.75) is 56.6 Å². The summed E-state index contributed by atoms with van der Waals surface area (Å²) in [5.74, 6) is 0.131. The number of amides is 2. The molecule has 36 heavy (non-hydrogen) atoms. The van der Waals surface area contributed by atoms with Gasteiger partial charge < -0.3 is 20.7 Å². The Hall–Kier alpha value is -3.41. The van der Waals surface area contributed by atoms with Crippen molar-refractivity contribution in [1.82, 2.24) is 20.2 Å². The lowest BCUT2D eigenvalue weighted by molar-refractivity contribution is -0.137. The number of piperidine rings is 1. The molecule has 1 aromatic heterocycles. The van der Waals surface area contributed by atoms with Gasteiger partial charge in [-0.15, -0.1) is 0 Å². The minimum absolute atomic E-state index is 0.0567.